The average Bonchev–Trinajstić information content (AvgIpc) is 3.56. The van der Waals surface area contributed by atoms with Crippen molar-refractivity contribution in [3.05, 3.63) is 97.2 Å². The number of rotatable bonds is 10. The van der Waals surface area contributed by atoms with E-state index >= 15 is 0 Å². The second-order valence-electron chi connectivity index (χ2n) is 7.74. The molecule has 2 heteroatoms. The molecular formula is C27H36Fe2. The zero-order valence-electron chi connectivity index (χ0n) is 17.8. The van der Waals surface area contributed by atoms with Gasteiger partial charge in [-0.3, -0.25) is 0 Å². The standard InChI is InChI=1S/4C5H5.C3H6.2C2H5.2Fe/c4*1-2-4-5-3-1;1-3-2;2*1-2;;/h4*1-5H;1-3H2;2*1H2,2H3;;. The summed E-state index contributed by atoms with van der Waals surface area (Å²) >= 11 is -2.63. The summed E-state index contributed by atoms with van der Waals surface area (Å²) in [5.74, 6) is 0. The molecule has 0 aromatic rings. The minimum atomic E-state index is -1.31. The Bertz CT molecular complexity index is 645. The van der Waals surface area contributed by atoms with E-state index in [4.69, 9.17) is 0 Å². The molecule has 0 N–H and O–H groups in total. The second kappa shape index (κ2) is 9.40. The van der Waals surface area contributed by atoms with Gasteiger partial charge in [0, 0.05) is 0 Å². The van der Waals surface area contributed by atoms with E-state index in [0.717, 1.165) is 0 Å². The first-order valence-corrected chi connectivity index (χ1v) is 16.6. The van der Waals surface area contributed by atoms with Crippen molar-refractivity contribution in [2.24, 2.45) is 0 Å². The molecule has 0 atom stereocenters. The van der Waals surface area contributed by atoms with Crippen LogP contribution in [-0.2, 0) is 25.7 Å². The zero-order valence-corrected chi connectivity index (χ0v) is 20.0. The molecule has 0 heterocycles. The molecular weight excluding hydrogens is 436 g/mol. The number of hydrogen-bond donors (Lipinski definition) is 0. The first-order chi connectivity index (χ1) is 14.2. The molecule has 0 aromatic carbocycles. The molecule has 0 aromatic heterocycles. The normalized spacial score (nSPS) is 23.0. The Morgan fingerprint density at radius 3 is 0.897 bits per heavy atom. The van der Waals surface area contributed by atoms with Gasteiger partial charge in [0.15, 0.2) is 0 Å². The second-order valence-corrected chi connectivity index (χ2v) is 18.8. The fraction of sp³-hybridized carbons (Fsp3) is 0.407. The van der Waals surface area contributed by atoms with Crippen LogP contribution in [-0.4, -0.2) is 0 Å². The summed E-state index contributed by atoms with van der Waals surface area (Å²) in [5, 5.41) is 5.59. The molecule has 4 aliphatic rings. The zero-order chi connectivity index (χ0) is 20.2. The monoisotopic (exact) mass is 472 g/mol. The summed E-state index contributed by atoms with van der Waals surface area (Å²) in [6, 6.07) is 0. The third-order valence-corrected chi connectivity index (χ3v) is 19.8. The maximum absolute atomic E-state index is 2.50. The summed E-state index contributed by atoms with van der Waals surface area (Å²) in [4.78, 5) is 2.77. The van der Waals surface area contributed by atoms with Crippen molar-refractivity contribution in [3.63, 3.8) is 0 Å². The Labute approximate surface area is 183 Å². The fourth-order valence-corrected chi connectivity index (χ4v) is 16.7. The van der Waals surface area contributed by atoms with Crippen LogP contribution in [0.2, 0.25) is 40.5 Å². The average molecular weight is 472 g/mol. The Morgan fingerprint density at radius 1 is 0.448 bits per heavy atom. The SMILES string of the molecule is C[CH2][Fe]([CH2]C[CH2][Fe]([CH2]C)([CH]1C=CC=C1)[CH]1C=CC=C1)([CH]1C=CC=C1)[CH]1C=CC=C1. The van der Waals surface area contributed by atoms with E-state index < -0.39 is 25.7 Å². The minimum absolute atomic E-state index is 0.693. The van der Waals surface area contributed by atoms with E-state index in [1.54, 1.807) is 0 Å². The summed E-state index contributed by atoms with van der Waals surface area (Å²) < 4.78 is 0. The van der Waals surface area contributed by atoms with Crippen molar-refractivity contribution in [1.29, 1.82) is 0 Å². The van der Waals surface area contributed by atoms with Crippen LogP contribution in [0.25, 0.3) is 0 Å². The predicted octanol–water partition coefficient (Wildman–Crippen LogP) is 9.06. The van der Waals surface area contributed by atoms with Gasteiger partial charge in [-0.15, -0.1) is 0 Å². The van der Waals surface area contributed by atoms with Gasteiger partial charge >= 0.3 is 184 Å². The maximum atomic E-state index is 2.50. The third kappa shape index (κ3) is 3.98. The molecule has 0 aliphatic heterocycles. The molecule has 160 valence electrons. The predicted molar refractivity (Wildman–Crippen MR) is 123 cm³/mol. The van der Waals surface area contributed by atoms with Gasteiger partial charge in [0.05, 0.1) is 0 Å². The first kappa shape index (κ1) is 21.2. The van der Waals surface area contributed by atoms with Crippen molar-refractivity contribution in [2.75, 3.05) is 0 Å². The summed E-state index contributed by atoms with van der Waals surface area (Å²) in [5.41, 5.74) is 0. The Hall–Kier alpha value is -1.04. The van der Waals surface area contributed by atoms with Crippen LogP contribution in [0.5, 0.6) is 0 Å². The molecule has 4 aliphatic carbocycles. The third-order valence-electron chi connectivity index (χ3n) is 6.48. The van der Waals surface area contributed by atoms with Crippen LogP contribution in [0.4, 0.5) is 0 Å². The van der Waals surface area contributed by atoms with Crippen molar-refractivity contribution in [2.45, 2.75) is 60.8 Å². The number of hydrogen-bond acceptors (Lipinski definition) is 0. The molecule has 0 amide bonds. The van der Waals surface area contributed by atoms with Gasteiger partial charge in [0.25, 0.3) is 0 Å². The summed E-state index contributed by atoms with van der Waals surface area (Å²) in [6.45, 7) is 4.93. The Balaban J connectivity index is 1.56. The van der Waals surface area contributed by atoms with Crippen LogP contribution in [0.15, 0.2) is 97.2 Å². The molecule has 0 spiro atoms. The van der Waals surface area contributed by atoms with Crippen LogP contribution in [0, 0.1) is 0 Å². The molecule has 0 nitrogen and oxygen atoms in total. The van der Waals surface area contributed by atoms with Gasteiger partial charge in [-0.1, -0.05) is 0 Å². The van der Waals surface area contributed by atoms with E-state index in [2.05, 4.69) is 111 Å². The van der Waals surface area contributed by atoms with Crippen LogP contribution in [0.1, 0.15) is 20.3 Å². The van der Waals surface area contributed by atoms with E-state index in [9.17, 15) is 0 Å². The summed E-state index contributed by atoms with van der Waals surface area (Å²) in [6.07, 6.45) is 39.7. The van der Waals surface area contributed by atoms with Gasteiger partial charge in [-0.05, 0) is 0 Å². The van der Waals surface area contributed by atoms with Gasteiger partial charge in [-0.25, -0.2) is 0 Å². The summed E-state index contributed by atoms with van der Waals surface area (Å²) in [7, 11) is 0. The van der Waals surface area contributed by atoms with Crippen molar-refractivity contribution in [3.8, 4) is 0 Å². The topological polar surface area (TPSA) is 0 Å². The van der Waals surface area contributed by atoms with Crippen molar-refractivity contribution in [1.82, 2.24) is 0 Å². The van der Waals surface area contributed by atoms with Gasteiger partial charge in [0.1, 0.15) is 0 Å². The van der Waals surface area contributed by atoms with Gasteiger partial charge in [0.2, 0.25) is 0 Å². The van der Waals surface area contributed by atoms with Crippen molar-refractivity contribution < 1.29 is 25.7 Å². The number of allylic oxidation sites excluding steroid dienone is 16. The van der Waals surface area contributed by atoms with Crippen LogP contribution in [0.3, 0.4) is 0 Å². The molecule has 0 radical (unpaired) electrons. The van der Waals surface area contributed by atoms with Gasteiger partial charge < -0.3 is 0 Å². The molecule has 0 saturated heterocycles. The Morgan fingerprint density at radius 2 is 0.690 bits per heavy atom. The van der Waals surface area contributed by atoms with Crippen LogP contribution >= 0.6 is 0 Å². The first-order valence-electron chi connectivity index (χ1n) is 10.9. The van der Waals surface area contributed by atoms with Gasteiger partial charge in [-0.2, -0.15) is 0 Å². The van der Waals surface area contributed by atoms with Crippen LogP contribution < -0.4 is 0 Å². The van der Waals surface area contributed by atoms with E-state index in [-0.39, 0.29) is 0 Å². The molecule has 0 bridgehead atoms. The molecule has 0 fully saturated rings. The van der Waals surface area contributed by atoms with Crippen molar-refractivity contribution >= 4 is 0 Å². The quantitative estimate of drug-likeness (QED) is 0.278. The van der Waals surface area contributed by atoms with E-state index in [1.165, 1.54) is 27.7 Å². The molecule has 0 saturated carbocycles. The molecule has 29 heavy (non-hydrogen) atoms. The Kier molecular flexibility index (Phi) is 6.87. The fourth-order valence-electron chi connectivity index (χ4n) is 4.89. The van der Waals surface area contributed by atoms with E-state index in [1.807, 2.05) is 0 Å². The van der Waals surface area contributed by atoms with E-state index in [0.29, 0.717) is 19.3 Å². The molecule has 4 rings (SSSR count). The molecule has 0 unspecified atom stereocenters.